The molecule has 1 saturated heterocycles. The fourth-order valence-electron chi connectivity index (χ4n) is 2.89. The van der Waals surface area contributed by atoms with Gasteiger partial charge in [-0.25, -0.2) is 0 Å². The fourth-order valence-corrected chi connectivity index (χ4v) is 3.10. The van der Waals surface area contributed by atoms with Gasteiger partial charge in [-0.2, -0.15) is 0 Å². The zero-order chi connectivity index (χ0) is 15.8. The molecule has 0 aromatic heterocycles. The molecule has 0 bridgehead atoms. The van der Waals surface area contributed by atoms with Crippen LogP contribution in [-0.2, 0) is 16.1 Å². The van der Waals surface area contributed by atoms with Crippen molar-refractivity contribution in [2.75, 3.05) is 33.4 Å². The number of rotatable bonds is 6. The Balaban J connectivity index is 1.80. The Bertz CT molecular complexity index is 481. The van der Waals surface area contributed by atoms with Crippen molar-refractivity contribution in [2.45, 2.75) is 25.8 Å². The van der Waals surface area contributed by atoms with E-state index in [0.717, 1.165) is 43.9 Å². The van der Waals surface area contributed by atoms with Gasteiger partial charge < -0.3 is 10.1 Å². The smallest absolute Gasteiger partial charge is 0.223 e. The average Bonchev–Trinajstić information content (AvgIpc) is 2.73. The minimum absolute atomic E-state index is 0.126. The highest BCUT2D eigenvalue weighted by atomic mass is 35.5. The normalized spacial score (nSPS) is 19.6. The molecule has 1 aliphatic heterocycles. The van der Waals surface area contributed by atoms with Gasteiger partial charge in [0.1, 0.15) is 0 Å². The molecule has 1 N–H and O–H groups in total. The monoisotopic (exact) mass is 324 g/mol. The van der Waals surface area contributed by atoms with Crippen LogP contribution in [0.5, 0.6) is 0 Å². The van der Waals surface area contributed by atoms with Crippen LogP contribution in [0.25, 0.3) is 0 Å². The zero-order valence-corrected chi connectivity index (χ0v) is 13.9. The lowest BCUT2D eigenvalue weighted by Crippen LogP contribution is -2.33. The number of methoxy groups -OCH3 is 1. The number of ether oxygens (including phenoxy) is 1. The molecule has 2 rings (SSSR count). The number of halogens is 1. The topological polar surface area (TPSA) is 41.6 Å². The highest BCUT2D eigenvalue weighted by molar-refractivity contribution is 6.30. The Labute approximate surface area is 137 Å². The molecule has 1 unspecified atom stereocenters. The molecule has 0 radical (unpaired) electrons. The Kier molecular flexibility index (Phi) is 7.16. The number of nitrogens with one attached hydrogen (secondary N) is 1. The molecular weight excluding hydrogens is 300 g/mol. The molecule has 1 heterocycles. The van der Waals surface area contributed by atoms with E-state index in [1.165, 1.54) is 5.56 Å². The van der Waals surface area contributed by atoms with Crippen molar-refractivity contribution in [3.63, 3.8) is 0 Å². The highest BCUT2D eigenvalue weighted by Crippen LogP contribution is 2.20. The molecule has 5 heteroatoms. The number of benzene rings is 1. The number of likely N-dealkylation sites (tertiary alicyclic amines) is 1. The summed E-state index contributed by atoms with van der Waals surface area (Å²) in [7, 11) is 1.64. The van der Waals surface area contributed by atoms with Crippen LogP contribution in [-0.4, -0.2) is 44.2 Å². The van der Waals surface area contributed by atoms with E-state index in [1.807, 2.05) is 18.2 Å². The Morgan fingerprint density at radius 3 is 3.05 bits per heavy atom. The maximum Gasteiger partial charge on any atom is 0.223 e. The van der Waals surface area contributed by atoms with Crippen LogP contribution in [0.2, 0.25) is 5.02 Å². The second kappa shape index (κ2) is 9.13. The van der Waals surface area contributed by atoms with Gasteiger partial charge >= 0.3 is 0 Å². The maximum atomic E-state index is 12.1. The standard InChI is InChI=1S/C17H25ClN2O2/c1-22-11-8-19-17(21)15-5-3-9-20(10-7-15)13-14-4-2-6-16(18)12-14/h2,4,6,12,15H,3,5,7-11,13H2,1H3,(H,19,21). The van der Waals surface area contributed by atoms with Crippen molar-refractivity contribution in [3.05, 3.63) is 34.9 Å². The third kappa shape index (κ3) is 5.59. The van der Waals surface area contributed by atoms with Crippen molar-refractivity contribution in [1.29, 1.82) is 0 Å². The lowest BCUT2D eigenvalue weighted by atomic mass is 10.00. The molecule has 1 aromatic carbocycles. The molecule has 0 aliphatic carbocycles. The van der Waals surface area contributed by atoms with Crippen LogP contribution in [0.3, 0.4) is 0 Å². The van der Waals surface area contributed by atoms with Crippen LogP contribution in [0.4, 0.5) is 0 Å². The van der Waals surface area contributed by atoms with Crippen LogP contribution in [0.15, 0.2) is 24.3 Å². The van der Waals surface area contributed by atoms with E-state index in [0.29, 0.717) is 13.2 Å². The second-order valence-corrected chi connectivity index (χ2v) is 6.25. The van der Waals surface area contributed by atoms with Gasteiger partial charge in [0.05, 0.1) is 6.61 Å². The van der Waals surface area contributed by atoms with Crippen LogP contribution in [0.1, 0.15) is 24.8 Å². The summed E-state index contributed by atoms with van der Waals surface area (Å²) in [5.41, 5.74) is 1.23. The first kappa shape index (κ1) is 17.3. The molecule has 1 aromatic rings. The van der Waals surface area contributed by atoms with E-state index in [2.05, 4.69) is 16.3 Å². The molecule has 4 nitrogen and oxygen atoms in total. The van der Waals surface area contributed by atoms with E-state index in [4.69, 9.17) is 16.3 Å². The van der Waals surface area contributed by atoms with Gasteiger partial charge in [0.2, 0.25) is 5.91 Å². The van der Waals surface area contributed by atoms with Crippen LogP contribution >= 0.6 is 11.6 Å². The minimum atomic E-state index is 0.126. The van der Waals surface area contributed by atoms with Crippen LogP contribution < -0.4 is 5.32 Å². The Morgan fingerprint density at radius 1 is 1.41 bits per heavy atom. The Morgan fingerprint density at radius 2 is 2.27 bits per heavy atom. The van der Waals surface area contributed by atoms with Gasteiger partial charge in [0, 0.05) is 31.1 Å². The number of amides is 1. The van der Waals surface area contributed by atoms with Gasteiger partial charge in [-0.1, -0.05) is 23.7 Å². The summed E-state index contributed by atoms with van der Waals surface area (Å²) in [6.07, 6.45) is 2.94. The van der Waals surface area contributed by atoms with E-state index in [-0.39, 0.29) is 11.8 Å². The van der Waals surface area contributed by atoms with Gasteiger partial charge in [0.15, 0.2) is 0 Å². The van der Waals surface area contributed by atoms with E-state index in [9.17, 15) is 4.79 Å². The van der Waals surface area contributed by atoms with Crippen molar-refractivity contribution in [3.8, 4) is 0 Å². The third-order valence-electron chi connectivity index (χ3n) is 4.09. The van der Waals surface area contributed by atoms with Crippen LogP contribution in [0, 0.1) is 5.92 Å². The van der Waals surface area contributed by atoms with Crippen molar-refractivity contribution in [1.82, 2.24) is 10.2 Å². The molecule has 0 spiro atoms. The molecule has 22 heavy (non-hydrogen) atoms. The second-order valence-electron chi connectivity index (χ2n) is 5.82. The molecule has 1 fully saturated rings. The first-order valence-electron chi connectivity index (χ1n) is 7.92. The first-order chi connectivity index (χ1) is 10.7. The lowest BCUT2D eigenvalue weighted by Gasteiger charge is -2.20. The summed E-state index contributed by atoms with van der Waals surface area (Å²) in [5, 5.41) is 3.73. The molecule has 1 aliphatic rings. The summed E-state index contributed by atoms with van der Waals surface area (Å²) >= 11 is 6.04. The zero-order valence-electron chi connectivity index (χ0n) is 13.2. The third-order valence-corrected chi connectivity index (χ3v) is 4.33. The van der Waals surface area contributed by atoms with E-state index >= 15 is 0 Å². The Hall–Kier alpha value is -1.10. The summed E-state index contributed by atoms with van der Waals surface area (Å²) in [6.45, 7) is 4.05. The summed E-state index contributed by atoms with van der Waals surface area (Å²) in [6, 6.07) is 8.00. The summed E-state index contributed by atoms with van der Waals surface area (Å²) in [5.74, 6) is 0.294. The van der Waals surface area contributed by atoms with Gasteiger partial charge in [-0.15, -0.1) is 0 Å². The van der Waals surface area contributed by atoms with E-state index in [1.54, 1.807) is 7.11 Å². The van der Waals surface area contributed by atoms with E-state index < -0.39 is 0 Å². The molecule has 0 saturated carbocycles. The van der Waals surface area contributed by atoms with Gasteiger partial charge in [-0.05, 0) is 50.0 Å². The van der Waals surface area contributed by atoms with Crippen molar-refractivity contribution < 1.29 is 9.53 Å². The first-order valence-corrected chi connectivity index (χ1v) is 8.30. The van der Waals surface area contributed by atoms with Gasteiger partial charge in [0.25, 0.3) is 0 Å². The predicted molar refractivity (Wildman–Crippen MR) is 89.0 cm³/mol. The number of hydrogen-bond acceptors (Lipinski definition) is 3. The van der Waals surface area contributed by atoms with Gasteiger partial charge in [-0.3, -0.25) is 9.69 Å². The molecule has 1 amide bonds. The molecule has 122 valence electrons. The number of hydrogen-bond donors (Lipinski definition) is 1. The average molecular weight is 325 g/mol. The van der Waals surface area contributed by atoms with Crippen molar-refractivity contribution in [2.24, 2.45) is 5.92 Å². The molecule has 1 atom stereocenters. The number of carbonyl (C=O) groups excluding carboxylic acids is 1. The minimum Gasteiger partial charge on any atom is -0.383 e. The SMILES string of the molecule is COCCNC(=O)C1CCCN(Cc2cccc(Cl)c2)CC1. The highest BCUT2D eigenvalue weighted by Gasteiger charge is 2.22. The number of nitrogens with zero attached hydrogens (tertiary/aromatic N) is 1. The fraction of sp³-hybridized carbons (Fsp3) is 0.588. The lowest BCUT2D eigenvalue weighted by molar-refractivity contribution is -0.125. The number of carbonyl (C=O) groups is 1. The predicted octanol–water partition coefficient (Wildman–Crippen LogP) is 2.70. The quantitative estimate of drug-likeness (QED) is 0.818. The summed E-state index contributed by atoms with van der Waals surface area (Å²) in [4.78, 5) is 14.5. The molecular formula is C17H25ClN2O2. The largest absolute Gasteiger partial charge is 0.383 e. The summed E-state index contributed by atoms with van der Waals surface area (Å²) < 4.78 is 4.96. The van der Waals surface area contributed by atoms with Crippen molar-refractivity contribution >= 4 is 17.5 Å². The maximum absolute atomic E-state index is 12.1.